The molecule has 0 heterocycles. The lowest BCUT2D eigenvalue weighted by Crippen LogP contribution is -2.25. The maximum absolute atomic E-state index is 13.5. The predicted octanol–water partition coefficient (Wildman–Crippen LogP) is 2.24. The molecule has 0 fully saturated rings. The van der Waals surface area contributed by atoms with Gasteiger partial charge in [0.25, 0.3) is 0 Å². The van der Waals surface area contributed by atoms with Crippen LogP contribution in [0.5, 0.6) is 0 Å². The maximum atomic E-state index is 13.5. The van der Waals surface area contributed by atoms with Crippen LogP contribution in [0.3, 0.4) is 0 Å². The van der Waals surface area contributed by atoms with Gasteiger partial charge in [0.05, 0.1) is 13.0 Å². The number of hydrogen-bond acceptors (Lipinski definition) is 2. The molecule has 0 saturated heterocycles. The molecule has 0 spiro atoms. The van der Waals surface area contributed by atoms with E-state index in [1.54, 1.807) is 0 Å². The Labute approximate surface area is 92.2 Å². The fourth-order valence-electron chi connectivity index (χ4n) is 2.16. The summed E-state index contributed by atoms with van der Waals surface area (Å²) >= 11 is 0. The van der Waals surface area contributed by atoms with E-state index < -0.39 is 5.82 Å². The van der Waals surface area contributed by atoms with Crippen LogP contribution in [0.15, 0.2) is 12.1 Å². The van der Waals surface area contributed by atoms with Crippen molar-refractivity contribution in [3.05, 3.63) is 34.9 Å². The number of halogens is 2. The molecule has 1 unspecified atom stereocenters. The first kappa shape index (κ1) is 11.0. The van der Waals surface area contributed by atoms with E-state index >= 15 is 0 Å². The second-order valence-corrected chi connectivity index (χ2v) is 3.95. The Morgan fingerprint density at radius 1 is 1.31 bits per heavy atom. The maximum Gasteiger partial charge on any atom is 0.309 e. The minimum absolute atomic E-state index is 0.228. The lowest BCUT2D eigenvalue weighted by molar-refractivity contribution is -0.145. The van der Waals surface area contributed by atoms with E-state index in [1.165, 1.54) is 7.11 Å². The standard InChI is InChI=1S/C12H12F2O2/c1-16-12(15)7-2-3-8-9(6-7)11(14)5-4-10(8)13/h4-5,7H,2-3,6H2,1H3. The van der Waals surface area contributed by atoms with Gasteiger partial charge >= 0.3 is 5.97 Å². The van der Waals surface area contributed by atoms with Crippen LogP contribution in [0.2, 0.25) is 0 Å². The van der Waals surface area contributed by atoms with Gasteiger partial charge in [0.1, 0.15) is 11.6 Å². The lowest BCUT2D eigenvalue weighted by atomic mass is 9.83. The van der Waals surface area contributed by atoms with E-state index in [9.17, 15) is 13.6 Å². The number of methoxy groups -OCH3 is 1. The Balaban J connectivity index is 2.33. The van der Waals surface area contributed by atoms with Crippen molar-refractivity contribution in [1.29, 1.82) is 0 Å². The Kier molecular flexibility index (Phi) is 2.90. The van der Waals surface area contributed by atoms with Gasteiger partial charge in [-0.25, -0.2) is 8.78 Å². The largest absolute Gasteiger partial charge is 0.469 e. The van der Waals surface area contributed by atoms with E-state index in [-0.39, 0.29) is 24.1 Å². The highest BCUT2D eigenvalue weighted by Gasteiger charge is 2.28. The first-order valence-corrected chi connectivity index (χ1v) is 5.17. The summed E-state index contributed by atoms with van der Waals surface area (Å²) in [6.45, 7) is 0. The summed E-state index contributed by atoms with van der Waals surface area (Å²) in [5.41, 5.74) is 0.724. The number of fused-ring (bicyclic) bond motifs is 1. The smallest absolute Gasteiger partial charge is 0.309 e. The molecule has 0 radical (unpaired) electrons. The van der Waals surface area contributed by atoms with Crippen molar-refractivity contribution >= 4 is 5.97 Å². The molecule has 0 amide bonds. The second-order valence-electron chi connectivity index (χ2n) is 3.95. The molecule has 1 aromatic carbocycles. The molecule has 1 aliphatic rings. The molecule has 1 aliphatic carbocycles. The SMILES string of the molecule is COC(=O)C1CCc2c(F)ccc(F)c2C1. The molecule has 16 heavy (non-hydrogen) atoms. The van der Waals surface area contributed by atoms with Gasteiger partial charge in [-0.15, -0.1) is 0 Å². The quantitative estimate of drug-likeness (QED) is 0.686. The molecule has 0 N–H and O–H groups in total. The summed E-state index contributed by atoms with van der Waals surface area (Å²) in [7, 11) is 1.31. The Bertz CT molecular complexity index is 429. The van der Waals surface area contributed by atoms with Crippen molar-refractivity contribution < 1.29 is 18.3 Å². The Morgan fingerprint density at radius 3 is 2.56 bits per heavy atom. The van der Waals surface area contributed by atoms with Crippen LogP contribution in [0.25, 0.3) is 0 Å². The minimum atomic E-state index is -0.440. The number of carbonyl (C=O) groups excluding carboxylic acids is 1. The number of carbonyl (C=O) groups is 1. The number of ether oxygens (including phenoxy) is 1. The fraction of sp³-hybridized carbons (Fsp3) is 0.417. The first-order chi connectivity index (χ1) is 7.63. The summed E-state index contributed by atoms with van der Waals surface area (Å²) in [4.78, 5) is 11.3. The number of esters is 1. The van der Waals surface area contributed by atoms with E-state index in [0.29, 0.717) is 24.0 Å². The zero-order valence-corrected chi connectivity index (χ0v) is 8.93. The van der Waals surface area contributed by atoms with Gasteiger partial charge in [0.15, 0.2) is 0 Å². The van der Waals surface area contributed by atoms with Crippen LogP contribution < -0.4 is 0 Å². The third-order valence-electron chi connectivity index (χ3n) is 3.04. The summed E-state index contributed by atoms with van der Waals surface area (Å²) in [5, 5.41) is 0. The fourth-order valence-corrected chi connectivity index (χ4v) is 2.16. The zero-order chi connectivity index (χ0) is 11.7. The summed E-state index contributed by atoms with van der Waals surface area (Å²) in [6.07, 6.45) is 1.13. The van der Waals surface area contributed by atoms with Crippen LogP contribution in [-0.2, 0) is 22.4 Å². The lowest BCUT2D eigenvalue weighted by Gasteiger charge is -2.23. The van der Waals surface area contributed by atoms with Crippen LogP contribution in [0, 0.1) is 17.6 Å². The highest BCUT2D eigenvalue weighted by Crippen LogP contribution is 2.29. The molecule has 4 heteroatoms. The molecule has 0 saturated carbocycles. The van der Waals surface area contributed by atoms with Crippen LogP contribution >= 0.6 is 0 Å². The molecule has 0 aliphatic heterocycles. The van der Waals surface area contributed by atoms with Crippen molar-refractivity contribution in [2.45, 2.75) is 19.3 Å². The Hall–Kier alpha value is -1.45. The van der Waals surface area contributed by atoms with Gasteiger partial charge in [0, 0.05) is 0 Å². The van der Waals surface area contributed by atoms with Crippen molar-refractivity contribution in [1.82, 2.24) is 0 Å². The number of hydrogen-bond donors (Lipinski definition) is 0. The van der Waals surface area contributed by atoms with E-state index in [0.717, 1.165) is 12.1 Å². The molecule has 1 atom stereocenters. The Morgan fingerprint density at radius 2 is 1.94 bits per heavy atom. The van der Waals surface area contributed by atoms with Gasteiger partial charge in [-0.05, 0) is 42.5 Å². The normalized spacial score (nSPS) is 19.1. The predicted molar refractivity (Wildman–Crippen MR) is 53.9 cm³/mol. The molecule has 2 rings (SSSR count). The average Bonchev–Trinajstić information content (AvgIpc) is 2.32. The van der Waals surface area contributed by atoms with E-state index in [4.69, 9.17) is 0 Å². The van der Waals surface area contributed by atoms with Crippen molar-refractivity contribution in [3.63, 3.8) is 0 Å². The molecule has 0 bridgehead atoms. The van der Waals surface area contributed by atoms with Gasteiger partial charge in [0.2, 0.25) is 0 Å². The van der Waals surface area contributed by atoms with Gasteiger partial charge < -0.3 is 4.74 Å². The second kappa shape index (κ2) is 4.20. The van der Waals surface area contributed by atoms with E-state index in [1.807, 2.05) is 0 Å². The van der Waals surface area contributed by atoms with Gasteiger partial charge in [-0.3, -0.25) is 4.79 Å². The van der Waals surface area contributed by atoms with E-state index in [2.05, 4.69) is 4.74 Å². The highest BCUT2D eigenvalue weighted by atomic mass is 19.1. The summed E-state index contributed by atoms with van der Waals surface area (Å²) < 4.78 is 31.5. The average molecular weight is 226 g/mol. The van der Waals surface area contributed by atoms with Crippen LogP contribution in [0.4, 0.5) is 8.78 Å². The highest BCUT2D eigenvalue weighted by molar-refractivity contribution is 5.73. The number of rotatable bonds is 1. The van der Waals surface area contributed by atoms with Gasteiger partial charge in [-0.2, -0.15) is 0 Å². The number of benzene rings is 1. The molecule has 2 nitrogen and oxygen atoms in total. The molecule has 86 valence electrons. The summed E-state index contributed by atoms with van der Waals surface area (Å²) in [5.74, 6) is -1.53. The van der Waals surface area contributed by atoms with Crippen molar-refractivity contribution in [2.75, 3.05) is 7.11 Å². The first-order valence-electron chi connectivity index (χ1n) is 5.17. The molecular formula is C12H12F2O2. The van der Waals surface area contributed by atoms with Crippen LogP contribution in [-0.4, -0.2) is 13.1 Å². The molecule has 0 aromatic heterocycles. The molecular weight excluding hydrogens is 214 g/mol. The van der Waals surface area contributed by atoms with Crippen LogP contribution in [0.1, 0.15) is 17.5 Å². The third kappa shape index (κ3) is 1.79. The van der Waals surface area contributed by atoms with Crippen molar-refractivity contribution in [2.24, 2.45) is 5.92 Å². The van der Waals surface area contributed by atoms with Crippen molar-refractivity contribution in [3.8, 4) is 0 Å². The topological polar surface area (TPSA) is 26.3 Å². The minimum Gasteiger partial charge on any atom is -0.469 e. The summed E-state index contributed by atoms with van der Waals surface area (Å²) in [6, 6.07) is 2.24. The third-order valence-corrected chi connectivity index (χ3v) is 3.04. The molecule has 1 aromatic rings. The van der Waals surface area contributed by atoms with Gasteiger partial charge in [-0.1, -0.05) is 0 Å². The monoisotopic (exact) mass is 226 g/mol. The zero-order valence-electron chi connectivity index (χ0n) is 8.93.